The number of carboxylic acid groups (broad SMARTS) is 1. The third kappa shape index (κ3) is 4.81. The van der Waals surface area contributed by atoms with Gasteiger partial charge in [-0.2, -0.15) is 10.2 Å². The van der Waals surface area contributed by atoms with Crippen LogP contribution in [0.2, 0.25) is 0 Å². The molecule has 1 heterocycles. The van der Waals surface area contributed by atoms with Crippen molar-refractivity contribution in [3.8, 4) is 11.6 Å². The van der Waals surface area contributed by atoms with Gasteiger partial charge >= 0.3 is 5.97 Å². The van der Waals surface area contributed by atoms with Gasteiger partial charge in [0.05, 0.1) is 28.7 Å². The van der Waals surface area contributed by atoms with E-state index in [1.165, 1.54) is 23.0 Å². The number of aromatic carboxylic acids is 1. The summed E-state index contributed by atoms with van der Waals surface area (Å²) in [5, 5.41) is 31.1. The highest BCUT2D eigenvalue weighted by Crippen LogP contribution is 2.24. The number of anilines is 1. The number of aryl methyl sites for hydroxylation is 3. The number of carboxylic acids is 1. The smallest absolute Gasteiger partial charge is 0.335 e. The molecular formula is C21H21N5O3S. The SMILES string of the molecule is Cc1cc(C)cc(-n2nc(C)c(/C=N/NC(=S)Nc3cccc(C(=O)O)c3)c2O)c1. The van der Waals surface area contributed by atoms with Gasteiger partial charge in [-0.3, -0.25) is 5.43 Å². The van der Waals surface area contributed by atoms with Crippen LogP contribution in [0.4, 0.5) is 5.69 Å². The van der Waals surface area contributed by atoms with E-state index in [9.17, 15) is 9.90 Å². The standard InChI is InChI=1S/C21H21N5O3S/c1-12-7-13(2)9-17(8-12)26-19(27)18(14(3)25-26)11-22-24-21(30)23-16-6-4-5-15(10-16)20(28)29/h4-11,27H,1-3H3,(H,28,29)(H2,23,24,30)/b22-11+. The molecule has 4 N–H and O–H groups in total. The summed E-state index contributed by atoms with van der Waals surface area (Å²) in [4.78, 5) is 11.0. The molecule has 0 aliphatic carbocycles. The predicted octanol–water partition coefficient (Wildman–Crippen LogP) is 3.52. The molecule has 2 aromatic carbocycles. The second-order valence-electron chi connectivity index (χ2n) is 6.79. The van der Waals surface area contributed by atoms with E-state index in [1.807, 2.05) is 32.0 Å². The number of aromatic hydroxyl groups is 1. The van der Waals surface area contributed by atoms with Crippen LogP contribution < -0.4 is 10.7 Å². The van der Waals surface area contributed by atoms with Crippen LogP contribution in [0.5, 0.6) is 5.88 Å². The van der Waals surface area contributed by atoms with Crippen molar-refractivity contribution in [2.75, 3.05) is 5.32 Å². The summed E-state index contributed by atoms with van der Waals surface area (Å²) in [6.45, 7) is 5.74. The van der Waals surface area contributed by atoms with E-state index in [-0.39, 0.29) is 16.6 Å². The lowest BCUT2D eigenvalue weighted by Gasteiger charge is -2.07. The molecule has 0 aliphatic rings. The minimum Gasteiger partial charge on any atom is -0.493 e. The van der Waals surface area contributed by atoms with E-state index in [2.05, 4.69) is 20.9 Å². The number of aromatic nitrogens is 2. The van der Waals surface area contributed by atoms with Crippen molar-refractivity contribution >= 4 is 35.2 Å². The number of nitrogens with zero attached hydrogens (tertiary/aromatic N) is 3. The molecule has 3 rings (SSSR count). The third-order valence-corrected chi connectivity index (χ3v) is 4.45. The van der Waals surface area contributed by atoms with Crippen LogP contribution in [-0.4, -0.2) is 37.3 Å². The molecule has 1 aromatic heterocycles. The van der Waals surface area contributed by atoms with Gasteiger partial charge in [-0.25, -0.2) is 9.48 Å². The molecule has 30 heavy (non-hydrogen) atoms. The average Bonchev–Trinajstić information content (AvgIpc) is 2.95. The first kappa shape index (κ1) is 21.0. The minimum absolute atomic E-state index is 0.0314. The number of hydrogen-bond acceptors (Lipinski definition) is 5. The van der Waals surface area contributed by atoms with Crippen molar-refractivity contribution in [2.45, 2.75) is 20.8 Å². The molecule has 154 valence electrons. The van der Waals surface area contributed by atoms with Crippen LogP contribution in [0, 0.1) is 20.8 Å². The monoisotopic (exact) mass is 423 g/mol. The van der Waals surface area contributed by atoms with Crippen molar-refractivity contribution in [3.63, 3.8) is 0 Å². The summed E-state index contributed by atoms with van der Waals surface area (Å²) in [5.74, 6) is -1.06. The molecule has 8 nitrogen and oxygen atoms in total. The van der Waals surface area contributed by atoms with E-state index in [1.54, 1.807) is 19.1 Å². The number of rotatable bonds is 5. The quantitative estimate of drug-likeness (QED) is 0.282. The first-order valence-electron chi connectivity index (χ1n) is 9.05. The molecule has 0 amide bonds. The van der Waals surface area contributed by atoms with Crippen molar-refractivity contribution in [1.29, 1.82) is 0 Å². The fourth-order valence-corrected chi connectivity index (χ4v) is 3.15. The minimum atomic E-state index is -1.03. The van der Waals surface area contributed by atoms with Gasteiger partial charge in [-0.05, 0) is 74.4 Å². The summed E-state index contributed by atoms with van der Waals surface area (Å²) < 4.78 is 1.46. The fourth-order valence-electron chi connectivity index (χ4n) is 2.98. The van der Waals surface area contributed by atoms with Gasteiger partial charge in [-0.15, -0.1) is 0 Å². The number of nitrogens with one attached hydrogen (secondary N) is 2. The van der Waals surface area contributed by atoms with E-state index >= 15 is 0 Å². The number of hydrazone groups is 1. The van der Waals surface area contributed by atoms with E-state index < -0.39 is 5.97 Å². The molecule has 9 heteroatoms. The largest absolute Gasteiger partial charge is 0.493 e. The molecule has 0 saturated heterocycles. The van der Waals surface area contributed by atoms with Crippen molar-refractivity contribution < 1.29 is 15.0 Å². The van der Waals surface area contributed by atoms with E-state index in [0.29, 0.717) is 16.9 Å². The van der Waals surface area contributed by atoms with Gasteiger partial charge in [-0.1, -0.05) is 12.1 Å². The molecular weight excluding hydrogens is 402 g/mol. The highest BCUT2D eigenvalue weighted by Gasteiger charge is 2.14. The third-order valence-electron chi connectivity index (χ3n) is 4.26. The van der Waals surface area contributed by atoms with Crippen LogP contribution in [0.1, 0.15) is 32.7 Å². The predicted molar refractivity (Wildman–Crippen MR) is 120 cm³/mol. The Balaban J connectivity index is 1.72. The Morgan fingerprint density at radius 3 is 2.53 bits per heavy atom. The van der Waals surface area contributed by atoms with Gasteiger partial charge in [0, 0.05) is 5.69 Å². The molecule has 0 unspecified atom stereocenters. The topological polar surface area (TPSA) is 112 Å². The summed E-state index contributed by atoms with van der Waals surface area (Å²) in [7, 11) is 0. The van der Waals surface area contributed by atoms with Crippen molar-refractivity contribution in [3.05, 3.63) is 70.4 Å². The van der Waals surface area contributed by atoms with Gasteiger partial charge < -0.3 is 15.5 Å². The van der Waals surface area contributed by atoms with Crippen LogP contribution >= 0.6 is 12.2 Å². The van der Waals surface area contributed by atoms with Crippen LogP contribution in [0.25, 0.3) is 5.69 Å². The molecule has 3 aromatic rings. The number of hydrogen-bond donors (Lipinski definition) is 4. The summed E-state index contributed by atoms with van der Waals surface area (Å²) >= 11 is 5.17. The second-order valence-corrected chi connectivity index (χ2v) is 7.20. The normalized spacial score (nSPS) is 10.9. The van der Waals surface area contributed by atoms with Crippen LogP contribution in [0.15, 0.2) is 47.6 Å². The molecule has 0 bridgehead atoms. The number of thiocarbonyl (C=S) groups is 1. The Bertz CT molecular complexity index is 1130. The first-order chi connectivity index (χ1) is 14.2. The zero-order chi connectivity index (χ0) is 21.8. The van der Waals surface area contributed by atoms with Gasteiger partial charge in [0.1, 0.15) is 0 Å². The van der Waals surface area contributed by atoms with Gasteiger partial charge in [0.2, 0.25) is 5.88 Å². The highest BCUT2D eigenvalue weighted by molar-refractivity contribution is 7.80. The van der Waals surface area contributed by atoms with Crippen molar-refractivity contribution in [1.82, 2.24) is 15.2 Å². The highest BCUT2D eigenvalue weighted by atomic mass is 32.1. The Labute approximate surface area is 178 Å². The number of benzene rings is 2. The lowest BCUT2D eigenvalue weighted by molar-refractivity contribution is 0.0697. The van der Waals surface area contributed by atoms with Gasteiger partial charge in [0.25, 0.3) is 0 Å². The lowest BCUT2D eigenvalue weighted by Crippen LogP contribution is -2.24. The Morgan fingerprint density at radius 2 is 1.87 bits per heavy atom. The number of carbonyl (C=O) groups is 1. The molecule has 0 atom stereocenters. The fraction of sp³-hybridized carbons (Fsp3) is 0.143. The Hall–Kier alpha value is -3.72. The zero-order valence-electron chi connectivity index (χ0n) is 16.7. The summed E-state index contributed by atoms with van der Waals surface area (Å²) in [6.07, 6.45) is 1.43. The van der Waals surface area contributed by atoms with E-state index in [4.69, 9.17) is 17.3 Å². The molecule has 0 fully saturated rings. The maximum Gasteiger partial charge on any atom is 0.335 e. The zero-order valence-corrected chi connectivity index (χ0v) is 17.5. The Kier molecular flexibility index (Phi) is 6.12. The summed E-state index contributed by atoms with van der Waals surface area (Å²) in [6, 6.07) is 12.2. The average molecular weight is 423 g/mol. The maximum atomic E-state index is 11.0. The Morgan fingerprint density at radius 1 is 1.17 bits per heavy atom. The first-order valence-corrected chi connectivity index (χ1v) is 9.46. The maximum absolute atomic E-state index is 11.0. The van der Waals surface area contributed by atoms with Crippen LogP contribution in [0.3, 0.4) is 0 Å². The molecule has 0 spiro atoms. The molecule has 0 saturated carbocycles. The van der Waals surface area contributed by atoms with Crippen molar-refractivity contribution in [2.24, 2.45) is 5.10 Å². The van der Waals surface area contributed by atoms with Gasteiger partial charge in [0.15, 0.2) is 5.11 Å². The molecule has 0 aliphatic heterocycles. The lowest BCUT2D eigenvalue weighted by atomic mass is 10.1. The second kappa shape index (κ2) is 8.75. The summed E-state index contributed by atoms with van der Waals surface area (Å²) in [5.41, 5.74) is 7.26. The molecule has 0 radical (unpaired) electrons. The van der Waals surface area contributed by atoms with Crippen LogP contribution in [-0.2, 0) is 0 Å². The van der Waals surface area contributed by atoms with E-state index in [0.717, 1.165) is 16.8 Å².